The maximum atomic E-state index is 13.1. The third-order valence-corrected chi connectivity index (χ3v) is 19.8. The molecule has 6 nitrogen and oxygen atoms in total. The molecule has 3 aliphatic heterocycles. The van der Waals surface area contributed by atoms with Gasteiger partial charge in [-0.3, -0.25) is 4.79 Å². The van der Waals surface area contributed by atoms with Gasteiger partial charge in [0.15, 0.2) is 14.1 Å². The minimum atomic E-state index is -2.70. The van der Waals surface area contributed by atoms with Crippen molar-refractivity contribution < 1.29 is 27.9 Å². The minimum absolute atomic E-state index is 0.0595. The van der Waals surface area contributed by atoms with Gasteiger partial charge in [0.2, 0.25) is 0 Å². The number of ketones is 1. The molecule has 0 N–H and O–H groups in total. The van der Waals surface area contributed by atoms with Crippen LogP contribution >= 0.6 is 0 Å². The van der Waals surface area contributed by atoms with Crippen LogP contribution in [0.25, 0.3) is 0 Å². The number of benzene rings is 2. The highest BCUT2D eigenvalue weighted by Gasteiger charge is 2.54. The molecule has 2 aromatic rings. The Bertz CT molecular complexity index is 1280. The molecule has 0 bridgehead atoms. The summed E-state index contributed by atoms with van der Waals surface area (Å²) in [5, 5.41) is 2.45. The van der Waals surface area contributed by atoms with Crippen molar-refractivity contribution in [3.8, 4) is 0 Å². The highest BCUT2D eigenvalue weighted by molar-refractivity contribution is 6.99. The van der Waals surface area contributed by atoms with E-state index in [4.69, 9.17) is 23.1 Å². The number of rotatable bonds is 8. The van der Waals surface area contributed by atoms with Crippen LogP contribution < -0.4 is 10.4 Å². The summed E-state index contributed by atoms with van der Waals surface area (Å²) < 4.78 is 33.3. The second kappa shape index (κ2) is 12.4. The molecule has 0 aromatic heterocycles. The highest BCUT2D eigenvalue weighted by atomic mass is 28.4. The Morgan fingerprint density at radius 3 is 1.95 bits per heavy atom. The molecule has 3 heterocycles. The summed E-state index contributed by atoms with van der Waals surface area (Å²) in [5.74, 6) is 0.0595. The van der Waals surface area contributed by atoms with Crippen molar-refractivity contribution >= 4 is 32.8 Å². The first-order chi connectivity index (χ1) is 20.6. The average molecular weight is 637 g/mol. The van der Waals surface area contributed by atoms with Gasteiger partial charge >= 0.3 is 0 Å². The molecule has 2 fully saturated rings. The van der Waals surface area contributed by atoms with E-state index < -0.39 is 28.3 Å². The SMILES string of the molecule is CC12C=CC(CO[Si](c3ccccc3)(c3ccccc3)C(C)(C)C)OC1CC1OC(CO[Si](C)(C)C(C)(C)C)C(=O)CC1O2. The number of Topliss-reactive ketones (excluding diaryl/α,β-unsaturated/α-hetero) is 1. The van der Waals surface area contributed by atoms with Gasteiger partial charge in [-0.15, -0.1) is 0 Å². The van der Waals surface area contributed by atoms with Crippen molar-refractivity contribution in [3.63, 3.8) is 0 Å². The predicted octanol–water partition coefficient (Wildman–Crippen LogP) is 6.18. The van der Waals surface area contributed by atoms with E-state index in [-0.39, 0.29) is 40.3 Å². The molecule has 240 valence electrons. The van der Waals surface area contributed by atoms with Crippen LogP contribution in [0.4, 0.5) is 0 Å². The molecule has 44 heavy (non-hydrogen) atoms. The lowest BCUT2D eigenvalue weighted by Gasteiger charge is -2.51. The molecule has 0 aliphatic carbocycles. The van der Waals surface area contributed by atoms with E-state index in [0.29, 0.717) is 26.1 Å². The molecule has 0 amide bonds. The monoisotopic (exact) mass is 636 g/mol. The average Bonchev–Trinajstić information content (AvgIpc) is 2.95. The number of fused-ring (bicyclic) bond motifs is 2. The molecule has 0 saturated carbocycles. The Morgan fingerprint density at radius 1 is 0.818 bits per heavy atom. The fourth-order valence-corrected chi connectivity index (χ4v) is 12.2. The van der Waals surface area contributed by atoms with Crippen molar-refractivity contribution in [3.05, 3.63) is 72.8 Å². The van der Waals surface area contributed by atoms with Crippen molar-refractivity contribution in [2.75, 3.05) is 13.2 Å². The van der Waals surface area contributed by atoms with Crippen LogP contribution in [-0.4, -0.2) is 71.8 Å². The summed E-state index contributed by atoms with van der Waals surface area (Å²) in [7, 11) is -4.70. The molecule has 8 heteroatoms. The van der Waals surface area contributed by atoms with Gasteiger partial charge in [0, 0.05) is 12.8 Å². The van der Waals surface area contributed by atoms with E-state index in [1.54, 1.807) is 0 Å². The summed E-state index contributed by atoms with van der Waals surface area (Å²) in [6.45, 7) is 20.7. The van der Waals surface area contributed by atoms with Crippen LogP contribution in [0.1, 0.15) is 61.3 Å². The van der Waals surface area contributed by atoms with Gasteiger partial charge in [0.25, 0.3) is 8.32 Å². The largest absolute Gasteiger partial charge is 0.414 e. The van der Waals surface area contributed by atoms with Crippen LogP contribution in [0.5, 0.6) is 0 Å². The van der Waals surface area contributed by atoms with Crippen LogP contribution in [0.15, 0.2) is 72.8 Å². The third-order valence-electron chi connectivity index (χ3n) is 10.3. The Hall–Kier alpha value is -1.92. The van der Waals surface area contributed by atoms with Gasteiger partial charge in [-0.25, -0.2) is 0 Å². The lowest BCUT2D eigenvalue weighted by atomic mass is 9.83. The topological polar surface area (TPSA) is 63.2 Å². The zero-order chi connectivity index (χ0) is 32.0. The number of carbonyl (C=O) groups excluding carboxylic acids is 1. The molecule has 2 aromatic carbocycles. The standard InChI is InChI=1S/C36H52O6Si2/c1-34(2,3)43(8,9)38-25-32-29(37)22-31-30(41-32)23-33-36(7,42-31)21-20-26(40-33)24-39-44(35(4,5)6,27-16-12-10-13-17-27)28-18-14-11-15-19-28/h10-21,26,30-33H,22-25H2,1-9H3. The second-order valence-electron chi connectivity index (χ2n) is 15.5. The van der Waals surface area contributed by atoms with Gasteiger partial charge in [-0.2, -0.15) is 0 Å². The van der Waals surface area contributed by atoms with Crippen LogP contribution in [-0.2, 0) is 27.9 Å². The molecule has 2 saturated heterocycles. The molecule has 6 atom stereocenters. The predicted molar refractivity (Wildman–Crippen MR) is 181 cm³/mol. The van der Waals surface area contributed by atoms with Gasteiger partial charge < -0.3 is 23.1 Å². The number of hydrogen-bond acceptors (Lipinski definition) is 6. The third kappa shape index (κ3) is 6.50. The lowest BCUT2D eigenvalue weighted by Crippen LogP contribution is -2.67. The van der Waals surface area contributed by atoms with Crippen molar-refractivity contribution in [2.24, 2.45) is 0 Å². The molecule has 0 spiro atoms. The van der Waals surface area contributed by atoms with Gasteiger partial charge in [-0.1, -0.05) is 114 Å². The van der Waals surface area contributed by atoms with Gasteiger partial charge in [-0.05, 0) is 40.5 Å². The summed E-state index contributed by atoms with van der Waals surface area (Å²) in [6.07, 6.45) is 3.69. The molecule has 3 aliphatic rings. The van der Waals surface area contributed by atoms with Crippen molar-refractivity contribution in [2.45, 2.75) is 121 Å². The molecule has 6 unspecified atom stereocenters. The molecule has 5 rings (SSSR count). The maximum absolute atomic E-state index is 13.1. The second-order valence-corrected chi connectivity index (χ2v) is 24.6. The molecular formula is C36H52O6Si2. The highest BCUT2D eigenvalue weighted by Crippen LogP contribution is 2.42. The zero-order valence-corrected chi connectivity index (χ0v) is 30.1. The molecule has 0 radical (unpaired) electrons. The number of ether oxygens (including phenoxy) is 3. The van der Waals surface area contributed by atoms with E-state index in [0.717, 1.165) is 0 Å². The number of carbonyl (C=O) groups is 1. The van der Waals surface area contributed by atoms with E-state index in [2.05, 4.69) is 134 Å². The fourth-order valence-electron chi connectivity index (χ4n) is 6.60. The Kier molecular flexibility index (Phi) is 9.39. The van der Waals surface area contributed by atoms with E-state index in [9.17, 15) is 4.79 Å². The first kappa shape index (κ1) is 33.4. The molecular weight excluding hydrogens is 585 g/mol. The number of hydrogen-bond donors (Lipinski definition) is 0. The van der Waals surface area contributed by atoms with E-state index >= 15 is 0 Å². The van der Waals surface area contributed by atoms with Crippen molar-refractivity contribution in [1.82, 2.24) is 0 Å². The van der Waals surface area contributed by atoms with Crippen LogP contribution in [0.3, 0.4) is 0 Å². The van der Waals surface area contributed by atoms with Crippen molar-refractivity contribution in [1.29, 1.82) is 0 Å². The van der Waals surface area contributed by atoms with Gasteiger partial charge in [0.1, 0.15) is 11.7 Å². The van der Waals surface area contributed by atoms with Gasteiger partial charge in [0.05, 0.1) is 37.6 Å². The normalized spacial score (nSPS) is 29.7. The Morgan fingerprint density at radius 2 is 1.41 bits per heavy atom. The maximum Gasteiger partial charge on any atom is 0.261 e. The Balaban J connectivity index is 1.31. The van der Waals surface area contributed by atoms with Crippen LogP contribution in [0.2, 0.25) is 23.2 Å². The van der Waals surface area contributed by atoms with E-state index in [1.807, 2.05) is 0 Å². The summed E-state index contributed by atoms with van der Waals surface area (Å²) in [5.41, 5.74) is -0.622. The first-order valence-corrected chi connectivity index (χ1v) is 21.0. The quantitative estimate of drug-likeness (QED) is 0.255. The summed E-state index contributed by atoms with van der Waals surface area (Å²) in [6, 6.07) is 21.4. The lowest BCUT2D eigenvalue weighted by molar-refractivity contribution is -0.254. The summed E-state index contributed by atoms with van der Waals surface area (Å²) >= 11 is 0. The fraction of sp³-hybridized carbons (Fsp3) is 0.583. The zero-order valence-electron chi connectivity index (χ0n) is 28.1. The first-order valence-electron chi connectivity index (χ1n) is 16.2. The summed E-state index contributed by atoms with van der Waals surface area (Å²) in [4.78, 5) is 13.1. The van der Waals surface area contributed by atoms with Crippen LogP contribution in [0, 0.1) is 0 Å². The van der Waals surface area contributed by atoms with E-state index in [1.165, 1.54) is 10.4 Å². The minimum Gasteiger partial charge on any atom is -0.414 e. The smallest absolute Gasteiger partial charge is 0.261 e. The Labute approximate surface area is 266 Å².